The summed E-state index contributed by atoms with van der Waals surface area (Å²) < 4.78 is 24.8. The lowest BCUT2D eigenvalue weighted by Crippen LogP contribution is -2.39. The number of amides is 1. The normalized spacial score (nSPS) is 26.1. The molecule has 138 valence electrons. The summed E-state index contributed by atoms with van der Waals surface area (Å²) in [6, 6.07) is 3.47. The van der Waals surface area contributed by atoms with Gasteiger partial charge in [0.1, 0.15) is 5.82 Å². The van der Waals surface area contributed by atoms with Crippen molar-refractivity contribution in [3.63, 3.8) is 0 Å². The van der Waals surface area contributed by atoms with Gasteiger partial charge in [-0.05, 0) is 37.8 Å². The van der Waals surface area contributed by atoms with Gasteiger partial charge in [-0.3, -0.25) is 9.69 Å². The van der Waals surface area contributed by atoms with Gasteiger partial charge in [0.05, 0.1) is 14.2 Å². The molecule has 2 aliphatic rings. The smallest absolute Gasteiger partial charge is 0.222 e. The Balaban J connectivity index is 1.69. The lowest BCUT2D eigenvalue weighted by Gasteiger charge is -2.31. The molecule has 0 unspecified atom stereocenters. The third-order valence-electron chi connectivity index (χ3n) is 5.78. The number of carbonyl (C=O) groups is 1. The fourth-order valence-electron chi connectivity index (χ4n) is 4.26. The lowest BCUT2D eigenvalue weighted by atomic mass is 9.88. The molecular formula is C19H27FN2O3. The average Bonchev–Trinajstić information content (AvgIpc) is 2.99. The molecule has 25 heavy (non-hydrogen) atoms. The second-order valence-corrected chi connectivity index (χ2v) is 7.34. The highest BCUT2D eigenvalue weighted by Gasteiger charge is 2.41. The maximum Gasteiger partial charge on any atom is 0.222 e. The Hall–Kier alpha value is -1.82. The van der Waals surface area contributed by atoms with Crippen LogP contribution in [0.15, 0.2) is 12.1 Å². The van der Waals surface area contributed by atoms with Gasteiger partial charge in [-0.15, -0.1) is 0 Å². The van der Waals surface area contributed by atoms with Gasteiger partial charge in [0.25, 0.3) is 0 Å². The van der Waals surface area contributed by atoms with E-state index in [9.17, 15) is 9.18 Å². The molecule has 3 atom stereocenters. The monoisotopic (exact) mass is 350 g/mol. The number of nitrogens with zero attached hydrogens (tertiary/aromatic N) is 2. The first kappa shape index (κ1) is 18.0. The van der Waals surface area contributed by atoms with Crippen LogP contribution in [0.5, 0.6) is 11.5 Å². The third-order valence-corrected chi connectivity index (χ3v) is 5.78. The van der Waals surface area contributed by atoms with Crippen molar-refractivity contribution >= 4 is 5.91 Å². The number of likely N-dealkylation sites (tertiary alicyclic amines) is 1. The van der Waals surface area contributed by atoms with Crippen LogP contribution in [0, 0.1) is 17.7 Å². The first-order valence-electron chi connectivity index (χ1n) is 8.77. The van der Waals surface area contributed by atoms with Gasteiger partial charge < -0.3 is 14.4 Å². The largest absolute Gasteiger partial charge is 0.493 e. The number of hydrogen-bond donors (Lipinski definition) is 0. The summed E-state index contributed by atoms with van der Waals surface area (Å²) in [5.74, 6) is 1.93. The van der Waals surface area contributed by atoms with Crippen molar-refractivity contribution in [1.29, 1.82) is 0 Å². The molecule has 1 aliphatic heterocycles. The van der Waals surface area contributed by atoms with Crippen LogP contribution in [-0.4, -0.2) is 56.6 Å². The number of carbonyl (C=O) groups excluding carboxylic acids is 1. The SMILES string of the molecule is COc1cc(F)c(CN(C)[C@H]2C[C@H]3CC(=O)N(C)C[C@H]3C2)cc1OC. The Morgan fingerprint density at radius 3 is 2.52 bits per heavy atom. The fourth-order valence-corrected chi connectivity index (χ4v) is 4.26. The van der Waals surface area contributed by atoms with Crippen molar-refractivity contribution in [3.8, 4) is 11.5 Å². The number of methoxy groups -OCH3 is 2. The third kappa shape index (κ3) is 3.59. The molecule has 0 aromatic heterocycles. The number of hydrogen-bond acceptors (Lipinski definition) is 4. The van der Waals surface area contributed by atoms with E-state index in [-0.39, 0.29) is 11.7 Å². The van der Waals surface area contributed by atoms with Crippen LogP contribution in [0.2, 0.25) is 0 Å². The van der Waals surface area contributed by atoms with E-state index in [1.807, 2.05) is 19.0 Å². The number of benzene rings is 1. The van der Waals surface area contributed by atoms with E-state index in [0.29, 0.717) is 47.9 Å². The van der Waals surface area contributed by atoms with E-state index < -0.39 is 0 Å². The molecule has 1 saturated heterocycles. The van der Waals surface area contributed by atoms with E-state index >= 15 is 0 Å². The molecule has 6 heteroatoms. The van der Waals surface area contributed by atoms with E-state index in [0.717, 1.165) is 19.4 Å². The zero-order valence-corrected chi connectivity index (χ0v) is 15.4. The lowest BCUT2D eigenvalue weighted by molar-refractivity contribution is -0.134. The molecule has 1 aromatic carbocycles. The first-order chi connectivity index (χ1) is 11.9. The minimum Gasteiger partial charge on any atom is -0.493 e. The van der Waals surface area contributed by atoms with E-state index in [1.54, 1.807) is 13.2 Å². The second-order valence-electron chi connectivity index (χ2n) is 7.34. The van der Waals surface area contributed by atoms with Crippen molar-refractivity contribution in [2.45, 2.75) is 31.8 Å². The number of ether oxygens (including phenoxy) is 2. The fraction of sp³-hybridized carbons (Fsp3) is 0.632. The minimum atomic E-state index is -0.283. The highest BCUT2D eigenvalue weighted by atomic mass is 19.1. The van der Waals surface area contributed by atoms with Crippen molar-refractivity contribution in [2.75, 3.05) is 34.9 Å². The van der Waals surface area contributed by atoms with Gasteiger partial charge in [0, 0.05) is 44.2 Å². The van der Waals surface area contributed by atoms with Crippen LogP contribution in [0.25, 0.3) is 0 Å². The Labute approximate surface area is 148 Å². The van der Waals surface area contributed by atoms with Crippen LogP contribution in [0.3, 0.4) is 0 Å². The molecule has 0 spiro atoms. The number of piperidine rings is 1. The molecule has 1 amide bonds. The molecule has 1 aromatic rings. The summed E-state index contributed by atoms with van der Waals surface area (Å²) >= 11 is 0. The maximum absolute atomic E-state index is 14.4. The minimum absolute atomic E-state index is 0.246. The molecule has 0 radical (unpaired) electrons. The molecule has 3 rings (SSSR count). The van der Waals surface area contributed by atoms with Crippen molar-refractivity contribution in [3.05, 3.63) is 23.5 Å². The Kier molecular flexibility index (Phi) is 5.18. The Bertz CT molecular complexity index is 652. The Morgan fingerprint density at radius 2 is 1.84 bits per heavy atom. The quantitative estimate of drug-likeness (QED) is 0.818. The molecule has 1 aliphatic carbocycles. The summed E-state index contributed by atoms with van der Waals surface area (Å²) in [5.41, 5.74) is 0.600. The van der Waals surface area contributed by atoms with E-state index in [2.05, 4.69) is 4.90 Å². The first-order valence-corrected chi connectivity index (χ1v) is 8.77. The standard InChI is InChI=1S/C19H27FN2O3/c1-21(11-14-7-17(24-3)18(25-4)9-16(14)20)15-5-12-8-19(23)22(2)10-13(12)6-15/h7,9,12-13,15H,5-6,8,10-11H2,1-4H3/t12-,13+,15-/m0/s1. The summed E-state index contributed by atoms with van der Waals surface area (Å²) in [7, 11) is 6.97. The molecule has 2 fully saturated rings. The molecule has 0 N–H and O–H groups in total. The zero-order chi connectivity index (χ0) is 18.1. The molecule has 1 saturated carbocycles. The van der Waals surface area contributed by atoms with E-state index in [1.165, 1.54) is 13.2 Å². The van der Waals surface area contributed by atoms with Gasteiger partial charge in [0.15, 0.2) is 11.5 Å². The molecule has 1 heterocycles. The summed E-state index contributed by atoms with van der Waals surface area (Å²) in [4.78, 5) is 16.0. The Morgan fingerprint density at radius 1 is 1.20 bits per heavy atom. The van der Waals surface area contributed by atoms with Gasteiger partial charge in [-0.25, -0.2) is 4.39 Å². The predicted octanol–water partition coefficient (Wildman–Crippen LogP) is 2.53. The van der Waals surface area contributed by atoms with Crippen LogP contribution >= 0.6 is 0 Å². The highest BCUT2D eigenvalue weighted by molar-refractivity contribution is 5.77. The van der Waals surface area contributed by atoms with Gasteiger partial charge >= 0.3 is 0 Å². The van der Waals surface area contributed by atoms with Crippen molar-refractivity contribution in [2.24, 2.45) is 11.8 Å². The number of fused-ring (bicyclic) bond motifs is 1. The zero-order valence-electron chi connectivity index (χ0n) is 15.4. The summed E-state index contributed by atoms with van der Waals surface area (Å²) in [5, 5.41) is 0. The number of rotatable bonds is 5. The van der Waals surface area contributed by atoms with Crippen LogP contribution < -0.4 is 9.47 Å². The van der Waals surface area contributed by atoms with Crippen LogP contribution in [0.1, 0.15) is 24.8 Å². The van der Waals surface area contributed by atoms with Gasteiger partial charge in [0.2, 0.25) is 5.91 Å². The number of halogens is 1. The maximum atomic E-state index is 14.4. The molecule has 0 bridgehead atoms. The topological polar surface area (TPSA) is 42.0 Å². The van der Waals surface area contributed by atoms with Crippen molar-refractivity contribution in [1.82, 2.24) is 9.80 Å². The average molecular weight is 350 g/mol. The van der Waals surface area contributed by atoms with Crippen molar-refractivity contribution < 1.29 is 18.7 Å². The van der Waals surface area contributed by atoms with Crippen LogP contribution in [0.4, 0.5) is 4.39 Å². The van der Waals surface area contributed by atoms with Gasteiger partial charge in [-0.2, -0.15) is 0 Å². The highest BCUT2D eigenvalue weighted by Crippen LogP contribution is 2.40. The van der Waals surface area contributed by atoms with Gasteiger partial charge in [-0.1, -0.05) is 0 Å². The summed E-state index contributed by atoms with van der Waals surface area (Å²) in [6.07, 6.45) is 2.72. The molecular weight excluding hydrogens is 323 g/mol. The second kappa shape index (κ2) is 7.20. The summed E-state index contributed by atoms with van der Waals surface area (Å²) in [6.45, 7) is 1.36. The van der Waals surface area contributed by atoms with E-state index in [4.69, 9.17) is 9.47 Å². The molecule has 5 nitrogen and oxygen atoms in total. The van der Waals surface area contributed by atoms with Crippen LogP contribution in [-0.2, 0) is 11.3 Å². The predicted molar refractivity (Wildman–Crippen MR) is 93.2 cm³/mol.